The van der Waals surface area contributed by atoms with Crippen LogP contribution in [0, 0.1) is 5.82 Å². The first-order valence-electron chi connectivity index (χ1n) is 8.59. The second kappa shape index (κ2) is 6.94. The van der Waals surface area contributed by atoms with Gasteiger partial charge in [0.05, 0.1) is 10.6 Å². The number of carbonyl (C=O) groups is 1. The fourth-order valence-electron chi connectivity index (χ4n) is 3.22. The Kier molecular flexibility index (Phi) is 4.61. The van der Waals surface area contributed by atoms with E-state index < -0.39 is 5.82 Å². The molecule has 1 saturated heterocycles. The van der Waals surface area contributed by atoms with Gasteiger partial charge in [-0.05, 0) is 38.1 Å². The summed E-state index contributed by atoms with van der Waals surface area (Å²) in [7, 11) is 0. The molecule has 4 rings (SSSR count). The smallest absolute Gasteiger partial charge is 0.270 e. The van der Waals surface area contributed by atoms with Gasteiger partial charge < -0.3 is 4.57 Å². The van der Waals surface area contributed by atoms with E-state index in [1.54, 1.807) is 18.2 Å². The van der Waals surface area contributed by atoms with E-state index in [9.17, 15) is 9.18 Å². The summed E-state index contributed by atoms with van der Waals surface area (Å²) >= 11 is 6.55. The van der Waals surface area contributed by atoms with Crippen LogP contribution in [0.5, 0.6) is 0 Å². The topological polar surface area (TPSA) is 25.2 Å². The van der Waals surface area contributed by atoms with Gasteiger partial charge >= 0.3 is 0 Å². The normalized spacial score (nSPS) is 16.3. The maximum absolute atomic E-state index is 14.2. The van der Waals surface area contributed by atoms with E-state index >= 15 is 0 Å². The molecule has 3 aromatic rings. The number of rotatable bonds is 3. The zero-order valence-corrected chi connectivity index (χ0v) is 16.5. The molecule has 0 N–H and O–H groups in total. The van der Waals surface area contributed by atoms with Crippen LogP contribution in [-0.2, 0) is 4.79 Å². The number of thioether (sulfide) groups is 1. The Hall–Kier alpha value is -2.44. The minimum atomic E-state index is -0.466. The van der Waals surface area contributed by atoms with Crippen LogP contribution in [0.15, 0.2) is 59.6 Å². The third-order valence-corrected chi connectivity index (χ3v) is 5.80. The Bertz CT molecular complexity index is 1100. The van der Waals surface area contributed by atoms with Gasteiger partial charge in [-0.3, -0.25) is 9.69 Å². The number of hydrogen-bond acceptors (Lipinski definition) is 3. The quantitative estimate of drug-likeness (QED) is 0.415. The van der Waals surface area contributed by atoms with E-state index in [-0.39, 0.29) is 11.6 Å². The molecule has 1 aliphatic heterocycles. The van der Waals surface area contributed by atoms with Gasteiger partial charge in [-0.1, -0.05) is 54.3 Å². The molecule has 27 heavy (non-hydrogen) atoms. The highest BCUT2D eigenvalue weighted by Crippen LogP contribution is 2.38. The van der Waals surface area contributed by atoms with Crippen molar-refractivity contribution in [1.29, 1.82) is 0 Å². The van der Waals surface area contributed by atoms with Crippen LogP contribution in [0.1, 0.15) is 25.5 Å². The molecular formula is C21H17FN2OS2. The molecule has 2 aromatic carbocycles. The Morgan fingerprint density at radius 2 is 1.81 bits per heavy atom. The number of nitrogens with zero attached hydrogens (tertiary/aromatic N) is 2. The molecule has 0 aliphatic carbocycles. The summed E-state index contributed by atoms with van der Waals surface area (Å²) in [6, 6.07) is 14.6. The van der Waals surface area contributed by atoms with Crippen molar-refractivity contribution in [3.8, 4) is 0 Å². The van der Waals surface area contributed by atoms with E-state index in [0.717, 1.165) is 16.5 Å². The largest absolute Gasteiger partial charge is 0.344 e. The van der Waals surface area contributed by atoms with E-state index in [0.29, 0.717) is 15.3 Å². The molecule has 0 atom stereocenters. The Balaban J connectivity index is 1.78. The average molecular weight is 397 g/mol. The molecule has 2 heterocycles. The summed E-state index contributed by atoms with van der Waals surface area (Å²) in [6.45, 7) is 4.24. The lowest BCUT2D eigenvalue weighted by Gasteiger charge is -2.14. The second-order valence-electron chi connectivity index (χ2n) is 6.57. The number of halogens is 1. The Labute approximate surface area is 166 Å². The fourth-order valence-corrected chi connectivity index (χ4v) is 4.50. The lowest BCUT2D eigenvalue weighted by atomic mass is 10.1. The molecule has 0 bridgehead atoms. The van der Waals surface area contributed by atoms with Crippen LogP contribution in [-0.4, -0.2) is 14.8 Å². The van der Waals surface area contributed by atoms with Gasteiger partial charge in [0, 0.05) is 28.7 Å². The van der Waals surface area contributed by atoms with Crippen molar-refractivity contribution in [1.82, 2.24) is 4.57 Å². The highest BCUT2D eigenvalue weighted by Gasteiger charge is 2.34. The molecule has 1 fully saturated rings. The third-order valence-electron chi connectivity index (χ3n) is 4.50. The van der Waals surface area contributed by atoms with Gasteiger partial charge in [-0.15, -0.1) is 0 Å². The van der Waals surface area contributed by atoms with E-state index in [1.165, 1.54) is 22.7 Å². The number of benzene rings is 2. The summed E-state index contributed by atoms with van der Waals surface area (Å²) in [5.74, 6) is -0.761. The summed E-state index contributed by atoms with van der Waals surface area (Å²) in [4.78, 5) is 14.7. The molecule has 0 radical (unpaired) electrons. The molecule has 0 saturated carbocycles. The van der Waals surface area contributed by atoms with Crippen molar-refractivity contribution < 1.29 is 9.18 Å². The first kappa shape index (κ1) is 17.9. The highest BCUT2D eigenvalue weighted by molar-refractivity contribution is 8.27. The number of fused-ring (bicyclic) bond motifs is 1. The van der Waals surface area contributed by atoms with Crippen molar-refractivity contribution in [3.05, 3.63) is 71.0 Å². The maximum Gasteiger partial charge on any atom is 0.270 e. The molecule has 1 amide bonds. The number of para-hydroxylation sites is 2. The number of thiocarbonyl (C=S) groups is 1. The standard InChI is InChI=1S/C21H17FN2OS2/c1-13(2)23-12-14(15-7-3-5-9-17(15)23)11-19-20(25)24(21(26)27-19)18-10-6-4-8-16(18)22/h3-13H,1-2H3/b19-11-. The third kappa shape index (κ3) is 3.09. The van der Waals surface area contributed by atoms with Crippen LogP contribution >= 0.6 is 24.0 Å². The second-order valence-corrected chi connectivity index (χ2v) is 8.25. The summed E-state index contributed by atoms with van der Waals surface area (Å²) < 4.78 is 16.7. The summed E-state index contributed by atoms with van der Waals surface area (Å²) in [6.07, 6.45) is 3.90. The zero-order chi connectivity index (χ0) is 19.1. The average Bonchev–Trinajstić information content (AvgIpc) is 3.14. The number of amides is 1. The van der Waals surface area contributed by atoms with Gasteiger partial charge in [-0.2, -0.15) is 0 Å². The van der Waals surface area contributed by atoms with Crippen molar-refractivity contribution >= 4 is 56.9 Å². The van der Waals surface area contributed by atoms with Crippen LogP contribution < -0.4 is 4.90 Å². The van der Waals surface area contributed by atoms with Crippen LogP contribution in [0.4, 0.5) is 10.1 Å². The minimum Gasteiger partial charge on any atom is -0.344 e. The zero-order valence-electron chi connectivity index (χ0n) is 14.8. The van der Waals surface area contributed by atoms with Gasteiger partial charge in [0.15, 0.2) is 4.32 Å². The molecule has 1 aromatic heterocycles. The van der Waals surface area contributed by atoms with Gasteiger partial charge in [0.25, 0.3) is 5.91 Å². The Morgan fingerprint density at radius 3 is 2.56 bits per heavy atom. The summed E-state index contributed by atoms with van der Waals surface area (Å²) in [5, 5.41) is 1.07. The molecule has 0 spiro atoms. The van der Waals surface area contributed by atoms with E-state index in [2.05, 4.69) is 24.5 Å². The molecule has 1 aliphatic rings. The number of hydrogen-bond donors (Lipinski definition) is 0. The number of aromatic nitrogens is 1. The first-order valence-corrected chi connectivity index (χ1v) is 9.82. The minimum absolute atomic E-state index is 0.188. The van der Waals surface area contributed by atoms with E-state index in [4.69, 9.17) is 12.2 Å². The fraction of sp³-hybridized carbons (Fsp3) is 0.143. The molecule has 0 unspecified atom stereocenters. The van der Waals surface area contributed by atoms with Gasteiger partial charge in [0.1, 0.15) is 5.82 Å². The molecule has 6 heteroatoms. The SMILES string of the molecule is CC(C)n1cc(/C=C2\SC(=S)N(c3ccccc3F)C2=O)c2ccccc21. The Morgan fingerprint density at radius 1 is 1.11 bits per heavy atom. The van der Waals surface area contributed by atoms with Crippen molar-refractivity contribution in [3.63, 3.8) is 0 Å². The predicted molar refractivity (Wildman–Crippen MR) is 114 cm³/mol. The number of anilines is 1. The molecular weight excluding hydrogens is 379 g/mol. The number of carbonyl (C=O) groups excluding carboxylic acids is 1. The molecule has 136 valence electrons. The van der Waals surface area contributed by atoms with Crippen molar-refractivity contribution in [2.24, 2.45) is 0 Å². The van der Waals surface area contributed by atoms with Crippen molar-refractivity contribution in [2.45, 2.75) is 19.9 Å². The highest BCUT2D eigenvalue weighted by atomic mass is 32.2. The maximum atomic E-state index is 14.2. The first-order chi connectivity index (χ1) is 13.0. The monoisotopic (exact) mass is 396 g/mol. The molecule has 3 nitrogen and oxygen atoms in total. The van der Waals surface area contributed by atoms with E-state index in [1.807, 2.05) is 30.5 Å². The van der Waals surface area contributed by atoms with Crippen LogP contribution in [0.25, 0.3) is 17.0 Å². The van der Waals surface area contributed by atoms with Crippen LogP contribution in [0.2, 0.25) is 0 Å². The predicted octanol–water partition coefficient (Wildman–Crippen LogP) is 5.77. The van der Waals surface area contributed by atoms with Crippen molar-refractivity contribution in [2.75, 3.05) is 4.90 Å². The lowest BCUT2D eigenvalue weighted by molar-refractivity contribution is -0.113. The van der Waals surface area contributed by atoms with Gasteiger partial charge in [0.2, 0.25) is 0 Å². The lowest BCUT2D eigenvalue weighted by Crippen LogP contribution is -2.28. The summed E-state index contributed by atoms with van der Waals surface area (Å²) in [5.41, 5.74) is 2.25. The van der Waals surface area contributed by atoms with Gasteiger partial charge in [-0.25, -0.2) is 4.39 Å². The van der Waals surface area contributed by atoms with Crippen LogP contribution in [0.3, 0.4) is 0 Å².